The maximum atomic E-state index is 12.1. The van der Waals surface area contributed by atoms with Crippen LogP contribution in [0.2, 0.25) is 5.02 Å². The molecule has 0 aliphatic carbocycles. The molecule has 0 radical (unpaired) electrons. The topological polar surface area (TPSA) is 66.9 Å². The Kier molecular flexibility index (Phi) is 5.08. The third-order valence-corrected chi connectivity index (χ3v) is 4.20. The summed E-state index contributed by atoms with van der Waals surface area (Å²) in [5.74, 6) is 0.615. The zero-order valence-corrected chi connectivity index (χ0v) is 14.5. The van der Waals surface area contributed by atoms with Crippen molar-refractivity contribution in [2.45, 2.75) is 13.3 Å². The molecule has 0 spiro atoms. The second-order valence-electron chi connectivity index (χ2n) is 5.17. The van der Waals surface area contributed by atoms with Crippen molar-refractivity contribution in [3.05, 3.63) is 64.3 Å². The van der Waals surface area contributed by atoms with Crippen LogP contribution < -0.4 is 10.6 Å². The monoisotopic (exact) mass is 358 g/mol. The molecule has 5 nitrogen and oxygen atoms in total. The van der Waals surface area contributed by atoms with Crippen molar-refractivity contribution in [1.82, 2.24) is 9.97 Å². The number of aromatic nitrogens is 2. The van der Waals surface area contributed by atoms with Crippen molar-refractivity contribution in [2.24, 2.45) is 0 Å². The molecule has 2 heterocycles. The van der Waals surface area contributed by atoms with Crippen molar-refractivity contribution < 1.29 is 4.79 Å². The number of pyridine rings is 1. The Labute approximate surface area is 148 Å². The molecule has 3 aromatic rings. The number of nitrogens with one attached hydrogen (secondary N) is 2. The summed E-state index contributed by atoms with van der Waals surface area (Å²) < 4.78 is 0. The average Bonchev–Trinajstić information content (AvgIpc) is 2.96. The second kappa shape index (κ2) is 7.42. The van der Waals surface area contributed by atoms with Crippen molar-refractivity contribution in [3.8, 4) is 0 Å². The van der Waals surface area contributed by atoms with E-state index in [1.165, 1.54) is 11.3 Å². The summed E-state index contributed by atoms with van der Waals surface area (Å²) in [7, 11) is 0. The van der Waals surface area contributed by atoms with Crippen LogP contribution in [-0.2, 0) is 11.2 Å². The Morgan fingerprint density at radius 2 is 1.96 bits per heavy atom. The summed E-state index contributed by atoms with van der Waals surface area (Å²) in [4.78, 5) is 20.9. The fourth-order valence-electron chi connectivity index (χ4n) is 2.07. The molecule has 0 bridgehead atoms. The van der Waals surface area contributed by atoms with E-state index in [0.717, 1.165) is 11.5 Å². The molecule has 0 saturated heterocycles. The first-order chi connectivity index (χ1) is 11.6. The molecule has 1 aromatic carbocycles. The van der Waals surface area contributed by atoms with Gasteiger partial charge in [-0.05, 0) is 43.3 Å². The van der Waals surface area contributed by atoms with Crippen LogP contribution in [0.15, 0.2) is 47.8 Å². The Morgan fingerprint density at radius 1 is 1.17 bits per heavy atom. The van der Waals surface area contributed by atoms with Gasteiger partial charge in [0.15, 0.2) is 5.13 Å². The average molecular weight is 359 g/mol. The fourth-order valence-corrected chi connectivity index (χ4v) is 2.91. The first-order valence-corrected chi connectivity index (χ1v) is 8.55. The van der Waals surface area contributed by atoms with E-state index in [2.05, 4.69) is 20.6 Å². The molecule has 122 valence electrons. The Hall–Kier alpha value is -2.44. The van der Waals surface area contributed by atoms with Gasteiger partial charge in [-0.25, -0.2) is 9.97 Å². The SMILES string of the molecule is Cc1cccc(Nc2nc(CC(=O)Nc3ccc(Cl)cc3)cs2)n1. The van der Waals surface area contributed by atoms with Gasteiger partial charge in [0.1, 0.15) is 5.82 Å². The summed E-state index contributed by atoms with van der Waals surface area (Å²) in [6.45, 7) is 1.93. The molecule has 0 aliphatic rings. The summed E-state index contributed by atoms with van der Waals surface area (Å²) in [6, 6.07) is 12.7. The minimum absolute atomic E-state index is 0.122. The maximum absolute atomic E-state index is 12.1. The van der Waals surface area contributed by atoms with Crippen molar-refractivity contribution >= 4 is 45.5 Å². The van der Waals surface area contributed by atoms with Crippen molar-refractivity contribution in [1.29, 1.82) is 0 Å². The van der Waals surface area contributed by atoms with E-state index >= 15 is 0 Å². The number of anilines is 3. The number of hydrogen-bond acceptors (Lipinski definition) is 5. The molecular formula is C17H15ClN4OS. The van der Waals surface area contributed by atoms with Crippen LogP contribution in [0.4, 0.5) is 16.6 Å². The van der Waals surface area contributed by atoms with Crippen LogP contribution in [0.3, 0.4) is 0 Å². The largest absolute Gasteiger partial charge is 0.326 e. The third kappa shape index (κ3) is 4.53. The smallest absolute Gasteiger partial charge is 0.230 e. The van der Waals surface area contributed by atoms with E-state index in [4.69, 9.17) is 11.6 Å². The van der Waals surface area contributed by atoms with Crippen LogP contribution in [0.25, 0.3) is 0 Å². The number of hydrogen-bond donors (Lipinski definition) is 2. The van der Waals surface area contributed by atoms with Gasteiger partial charge in [0.25, 0.3) is 0 Å². The summed E-state index contributed by atoms with van der Waals surface area (Å²) in [5, 5.41) is 9.17. The maximum Gasteiger partial charge on any atom is 0.230 e. The number of benzene rings is 1. The van der Waals surface area contributed by atoms with E-state index in [1.807, 2.05) is 30.5 Å². The number of carbonyl (C=O) groups is 1. The van der Waals surface area contributed by atoms with Gasteiger partial charge >= 0.3 is 0 Å². The van der Waals surface area contributed by atoms with Crippen LogP contribution in [0.5, 0.6) is 0 Å². The molecule has 0 aliphatic heterocycles. The molecule has 0 atom stereocenters. The Morgan fingerprint density at radius 3 is 2.71 bits per heavy atom. The van der Waals surface area contributed by atoms with E-state index in [9.17, 15) is 4.79 Å². The number of nitrogens with zero attached hydrogens (tertiary/aromatic N) is 2. The van der Waals surface area contributed by atoms with Crippen LogP contribution in [0.1, 0.15) is 11.4 Å². The molecule has 0 fully saturated rings. The lowest BCUT2D eigenvalue weighted by atomic mass is 10.3. The van der Waals surface area contributed by atoms with Crippen LogP contribution in [-0.4, -0.2) is 15.9 Å². The molecule has 2 N–H and O–H groups in total. The van der Waals surface area contributed by atoms with Gasteiger partial charge in [-0.3, -0.25) is 4.79 Å². The predicted octanol–water partition coefficient (Wildman–Crippen LogP) is 4.42. The highest BCUT2D eigenvalue weighted by Crippen LogP contribution is 2.20. The Balaban J connectivity index is 1.59. The first-order valence-electron chi connectivity index (χ1n) is 7.29. The number of halogens is 1. The molecule has 3 rings (SSSR count). The van der Waals surface area contributed by atoms with Gasteiger partial charge in [-0.2, -0.15) is 0 Å². The second-order valence-corrected chi connectivity index (χ2v) is 6.46. The van der Waals surface area contributed by atoms with E-state index in [0.29, 0.717) is 21.5 Å². The molecule has 0 unspecified atom stereocenters. The van der Waals surface area contributed by atoms with Gasteiger partial charge < -0.3 is 10.6 Å². The molecule has 1 amide bonds. The lowest BCUT2D eigenvalue weighted by Crippen LogP contribution is -2.14. The van der Waals surface area contributed by atoms with Gasteiger partial charge in [0.2, 0.25) is 5.91 Å². The lowest BCUT2D eigenvalue weighted by Gasteiger charge is -2.04. The highest BCUT2D eigenvalue weighted by molar-refractivity contribution is 7.13. The Bertz CT molecular complexity index is 848. The standard InChI is InChI=1S/C17H15ClN4OS/c1-11-3-2-4-15(19-11)22-17-21-14(10-24-17)9-16(23)20-13-7-5-12(18)6-8-13/h2-8,10H,9H2,1H3,(H,20,23)(H,19,21,22). The van der Waals surface area contributed by atoms with E-state index in [-0.39, 0.29) is 12.3 Å². The predicted molar refractivity (Wildman–Crippen MR) is 98.2 cm³/mol. The summed E-state index contributed by atoms with van der Waals surface area (Å²) >= 11 is 7.26. The van der Waals surface area contributed by atoms with Crippen LogP contribution in [0, 0.1) is 6.92 Å². The first kappa shape index (κ1) is 16.4. The fraction of sp³-hybridized carbons (Fsp3) is 0.118. The molecule has 2 aromatic heterocycles. The number of thiazole rings is 1. The van der Waals surface area contributed by atoms with Gasteiger partial charge in [0.05, 0.1) is 12.1 Å². The normalized spacial score (nSPS) is 10.4. The quantitative estimate of drug-likeness (QED) is 0.708. The summed E-state index contributed by atoms with van der Waals surface area (Å²) in [6.07, 6.45) is 0.210. The zero-order valence-electron chi connectivity index (χ0n) is 12.9. The van der Waals surface area contributed by atoms with E-state index in [1.54, 1.807) is 24.3 Å². The van der Waals surface area contributed by atoms with Crippen molar-refractivity contribution in [3.63, 3.8) is 0 Å². The van der Waals surface area contributed by atoms with Crippen molar-refractivity contribution in [2.75, 3.05) is 10.6 Å². The highest BCUT2D eigenvalue weighted by atomic mass is 35.5. The molecule has 24 heavy (non-hydrogen) atoms. The molecule has 0 saturated carbocycles. The van der Waals surface area contributed by atoms with Gasteiger partial charge in [-0.15, -0.1) is 11.3 Å². The van der Waals surface area contributed by atoms with Crippen LogP contribution >= 0.6 is 22.9 Å². The zero-order chi connectivity index (χ0) is 16.9. The van der Waals surface area contributed by atoms with Gasteiger partial charge in [0, 0.05) is 21.8 Å². The van der Waals surface area contributed by atoms with E-state index < -0.39 is 0 Å². The molecular weight excluding hydrogens is 344 g/mol. The summed E-state index contributed by atoms with van der Waals surface area (Å²) in [5.41, 5.74) is 2.35. The minimum atomic E-state index is -0.122. The third-order valence-electron chi connectivity index (χ3n) is 3.14. The number of aryl methyl sites for hydroxylation is 1. The number of carbonyl (C=O) groups excluding carboxylic acids is 1. The van der Waals surface area contributed by atoms with Gasteiger partial charge in [-0.1, -0.05) is 17.7 Å². The number of rotatable bonds is 5. The molecule has 7 heteroatoms. The highest BCUT2D eigenvalue weighted by Gasteiger charge is 2.09. The number of amides is 1. The lowest BCUT2D eigenvalue weighted by molar-refractivity contribution is -0.115. The minimum Gasteiger partial charge on any atom is -0.326 e.